The van der Waals surface area contributed by atoms with Crippen molar-refractivity contribution in [2.45, 2.75) is 70.4 Å². The molecule has 1 aliphatic heterocycles. The normalized spacial score (nSPS) is 22.1. The standard InChI is InChI=1S/C21H35N5.HI/c1-17-15-23-12-10-18(17)11-13-24-21(22-2)25-19-7-6-14-26(16-19)20-8-4-3-5-9-20;/h10,12,15,19-20H,3-9,11,13-14,16H2,1-2H3,(H2,22,24,25);1H. The van der Waals surface area contributed by atoms with Crippen LogP contribution < -0.4 is 10.6 Å². The van der Waals surface area contributed by atoms with Crippen molar-refractivity contribution < 1.29 is 0 Å². The molecule has 2 N–H and O–H groups in total. The summed E-state index contributed by atoms with van der Waals surface area (Å²) in [6, 6.07) is 3.44. The average Bonchev–Trinajstić information content (AvgIpc) is 2.69. The first-order valence-corrected chi connectivity index (χ1v) is 10.4. The predicted molar refractivity (Wildman–Crippen MR) is 124 cm³/mol. The number of aryl methyl sites for hydroxylation is 1. The summed E-state index contributed by atoms with van der Waals surface area (Å²) in [6.07, 6.45) is 14.4. The molecule has 6 heteroatoms. The molecule has 5 nitrogen and oxygen atoms in total. The number of rotatable bonds is 5. The molecule has 27 heavy (non-hydrogen) atoms. The molecule has 1 aliphatic carbocycles. The maximum atomic E-state index is 4.44. The molecule has 2 aliphatic rings. The average molecular weight is 485 g/mol. The van der Waals surface area contributed by atoms with E-state index in [0.717, 1.165) is 31.5 Å². The third-order valence-electron chi connectivity index (χ3n) is 5.93. The summed E-state index contributed by atoms with van der Waals surface area (Å²) < 4.78 is 0. The minimum Gasteiger partial charge on any atom is -0.356 e. The van der Waals surface area contributed by atoms with Crippen molar-refractivity contribution in [2.24, 2.45) is 4.99 Å². The molecule has 1 atom stereocenters. The number of hydrogen-bond donors (Lipinski definition) is 2. The van der Waals surface area contributed by atoms with Gasteiger partial charge < -0.3 is 10.6 Å². The molecular weight excluding hydrogens is 449 g/mol. The lowest BCUT2D eigenvalue weighted by Gasteiger charge is -2.40. The zero-order valence-corrected chi connectivity index (χ0v) is 19.2. The highest BCUT2D eigenvalue weighted by Crippen LogP contribution is 2.25. The molecule has 0 bridgehead atoms. The lowest BCUT2D eigenvalue weighted by molar-refractivity contribution is 0.115. The highest BCUT2D eigenvalue weighted by Gasteiger charge is 2.27. The summed E-state index contributed by atoms with van der Waals surface area (Å²) >= 11 is 0. The van der Waals surface area contributed by atoms with Gasteiger partial charge in [0.2, 0.25) is 0 Å². The molecule has 0 aromatic carbocycles. The molecule has 0 amide bonds. The minimum atomic E-state index is 0. The second kappa shape index (κ2) is 11.8. The summed E-state index contributed by atoms with van der Waals surface area (Å²) in [5, 5.41) is 7.15. The fourth-order valence-electron chi connectivity index (χ4n) is 4.39. The number of halogens is 1. The van der Waals surface area contributed by atoms with Gasteiger partial charge in [-0.05, 0) is 62.8 Å². The Balaban J connectivity index is 0.00000261. The molecule has 1 aromatic rings. The van der Waals surface area contributed by atoms with Gasteiger partial charge >= 0.3 is 0 Å². The summed E-state index contributed by atoms with van der Waals surface area (Å²) in [7, 11) is 1.87. The van der Waals surface area contributed by atoms with E-state index in [1.54, 1.807) is 0 Å². The van der Waals surface area contributed by atoms with Gasteiger partial charge in [0.25, 0.3) is 0 Å². The molecule has 1 saturated carbocycles. The lowest BCUT2D eigenvalue weighted by Crippen LogP contribution is -2.53. The first-order chi connectivity index (χ1) is 12.8. The van der Waals surface area contributed by atoms with Crippen LogP contribution in [-0.4, -0.2) is 54.6 Å². The summed E-state index contributed by atoms with van der Waals surface area (Å²) in [6.45, 7) is 5.45. The molecule has 152 valence electrons. The number of likely N-dealkylation sites (tertiary alicyclic amines) is 1. The highest BCUT2D eigenvalue weighted by atomic mass is 127. The van der Waals surface area contributed by atoms with Crippen molar-refractivity contribution in [3.05, 3.63) is 29.6 Å². The SMILES string of the molecule is CN=C(NCCc1ccncc1C)NC1CCCN(C2CCCCC2)C1.I. The highest BCUT2D eigenvalue weighted by molar-refractivity contribution is 14.0. The number of aliphatic imine (C=N–C) groups is 1. The zero-order valence-electron chi connectivity index (χ0n) is 16.9. The second-order valence-electron chi connectivity index (χ2n) is 7.82. The van der Waals surface area contributed by atoms with E-state index in [0.29, 0.717) is 6.04 Å². The van der Waals surface area contributed by atoms with Crippen LogP contribution in [0.25, 0.3) is 0 Å². The number of guanidine groups is 1. The van der Waals surface area contributed by atoms with Crippen LogP contribution in [-0.2, 0) is 6.42 Å². The molecule has 2 fully saturated rings. The number of nitrogens with one attached hydrogen (secondary N) is 2. The van der Waals surface area contributed by atoms with Crippen LogP contribution in [0.5, 0.6) is 0 Å². The Morgan fingerprint density at radius 2 is 2.04 bits per heavy atom. The first-order valence-electron chi connectivity index (χ1n) is 10.4. The van der Waals surface area contributed by atoms with Crippen LogP contribution >= 0.6 is 24.0 Å². The molecular formula is C21H36IN5. The second-order valence-corrected chi connectivity index (χ2v) is 7.82. The number of piperidine rings is 1. The molecule has 1 saturated heterocycles. The molecule has 0 radical (unpaired) electrons. The van der Waals surface area contributed by atoms with Gasteiger partial charge in [0, 0.05) is 44.6 Å². The Morgan fingerprint density at radius 3 is 2.78 bits per heavy atom. The predicted octanol–water partition coefficient (Wildman–Crippen LogP) is 3.51. The third kappa shape index (κ3) is 6.89. The summed E-state index contributed by atoms with van der Waals surface area (Å²) in [5.41, 5.74) is 2.61. The van der Waals surface area contributed by atoms with Crippen LogP contribution in [0.1, 0.15) is 56.1 Å². The fourth-order valence-corrected chi connectivity index (χ4v) is 4.39. The van der Waals surface area contributed by atoms with Crippen molar-refractivity contribution in [1.82, 2.24) is 20.5 Å². The molecule has 1 unspecified atom stereocenters. The maximum absolute atomic E-state index is 4.44. The molecule has 0 spiro atoms. The van der Waals surface area contributed by atoms with E-state index in [-0.39, 0.29) is 24.0 Å². The van der Waals surface area contributed by atoms with E-state index in [9.17, 15) is 0 Å². The van der Waals surface area contributed by atoms with E-state index in [1.165, 1.54) is 62.6 Å². The Labute approximate surface area is 181 Å². The lowest BCUT2D eigenvalue weighted by atomic mass is 9.92. The quantitative estimate of drug-likeness (QED) is 0.381. The van der Waals surface area contributed by atoms with Crippen molar-refractivity contribution in [1.29, 1.82) is 0 Å². The van der Waals surface area contributed by atoms with Crippen molar-refractivity contribution >= 4 is 29.9 Å². The van der Waals surface area contributed by atoms with Gasteiger partial charge in [-0.25, -0.2) is 0 Å². The molecule has 3 rings (SSSR count). The molecule has 2 heterocycles. The van der Waals surface area contributed by atoms with Gasteiger partial charge in [-0.1, -0.05) is 19.3 Å². The minimum absolute atomic E-state index is 0. The van der Waals surface area contributed by atoms with Gasteiger partial charge in [0.1, 0.15) is 0 Å². The van der Waals surface area contributed by atoms with Crippen LogP contribution in [0.4, 0.5) is 0 Å². The van der Waals surface area contributed by atoms with Gasteiger partial charge in [0.15, 0.2) is 5.96 Å². The smallest absolute Gasteiger partial charge is 0.191 e. The van der Waals surface area contributed by atoms with E-state index >= 15 is 0 Å². The Kier molecular flexibility index (Phi) is 9.82. The Hall–Kier alpha value is -0.890. The van der Waals surface area contributed by atoms with E-state index in [2.05, 4.69) is 38.5 Å². The number of hydrogen-bond acceptors (Lipinski definition) is 3. The summed E-state index contributed by atoms with van der Waals surface area (Å²) in [4.78, 5) is 11.3. The molecule has 1 aromatic heterocycles. The van der Waals surface area contributed by atoms with Crippen LogP contribution in [0.15, 0.2) is 23.5 Å². The van der Waals surface area contributed by atoms with Crippen molar-refractivity contribution in [3.8, 4) is 0 Å². The number of nitrogens with zero attached hydrogens (tertiary/aromatic N) is 3. The summed E-state index contributed by atoms with van der Waals surface area (Å²) in [5.74, 6) is 0.937. The zero-order chi connectivity index (χ0) is 18.2. The first kappa shape index (κ1) is 22.4. The third-order valence-corrected chi connectivity index (χ3v) is 5.93. The van der Waals surface area contributed by atoms with Crippen molar-refractivity contribution in [3.63, 3.8) is 0 Å². The topological polar surface area (TPSA) is 52.6 Å². The maximum Gasteiger partial charge on any atom is 0.191 e. The monoisotopic (exact) mass is 485 g/mol. The van der Waals surface area contributed by atoms with Gasteiger partial charge in [-0.15, -0.1) is 24.0 Å². The fraction of sp³-hybridized carbons (Fsp3) is 0.714. The van der Waals surface area contributed by atoms with E-state index in [1.807, 2.05) is 19.4 Å². The Morgan fingerprint density at radius 1 is 1.22 bits per heavy atom. The van der Waals surface area contributed by atoms with Crippen molar-refractivity contribution in [2.75, 3.05) is 26.7 Å². The van der Waals surface area contributed by atoms with E-state index < -0.39 is 0 Å². The Bertz CT molecular complexity index is 586. The number of pyridine rings is 1. The van der Waals surface area contributed by atoms with Crippen LogP contribution in [0.2, 0.25) is 0 Å². The van der Waals surface area contributed by atoms with Gasteiger partial charge in [-0.2, -0.15) is 0 Å². The van der Waals surface area contributed by atoms with Crippen LogP contribution in [0.3, 0.4) is 0 Å². The van der Waals surface area contributed by atoms with Gasteiger partial charge in [0.05, 0.1) is 0 Å². The van der Waals surface area contributed by atoms with Crippen LogP contribution in [0, 0.1) is 6.92 Å². The number of aromatic nitrogens is 1. The van der Waals surface area contributed by atoms with E-state index in [4.69, 9.17) is 0 Å². The van der Waals surface area contributed by atoms with Gasteiger partial charge in [-0.3, -0.25) is 14.9 Å². The largest absolute Gasteiger partial charge is 0.356 e.